The molecular weight excluding hydrogens is 528 g/mol. The van der Waals surface area contributed by atoms with Crippen molar-refractivity contribution in [3.05, 3.63) is 97.9 Å². The molecule has 0 unspecified atom stereocenters. The number of ether oxygens (including phenoxy) is 1. The topological polar surface area (TPSA) is 80.6 Å². The van der Waals surface area contributed by atoms with Crippen LogP contribution in [-0.2, 0) is 19.7 Å². The van der Waals surface area contributed by atoms with Gasteiger partial charge in [0.1, 0.15) is 23.8 Å². The normalized spacial score (nSPS) is 23.0. The number of piperidine rings is 1. The standard InChI is InChI=1S/C29H26ClF2N3O4/c1-15-18-7-8-23(15)35-24(18)13-34-12-20(28(37)33-11-19-21(30)9-17(31)10-22(19)32)26(36)27(25(34)29(35)38)39-14-16-5-3-2-4-6-16/h2-6,9-10,12,15,18,23-24H,7-8,11,13-14H2,1H3,(H,33,37)/t15-,18+,23-,24-/m0/s1. The third kappa shape index (κ3) is 4.29. The molecule has 0 radical (unpaired) electrons. The van der Waals surface area contributed by atoms with Crippen LogP contribution in [0, 0.1) is 23.5 Å². The fourth-order valence-corrected chi connectivity index (χ4v) is 6.70. The molecule has 1 aromatic heterocycles. The molecule has 2 aliphatic heterocycles. The molecule has 2 fully saturated rings. The van der Waals surface area contributed by atoms with E-state index >= 15 is 0 Å². The quantitative estimate of drug-likeness (QED) is 0.486. The average molecular weight is 554 g/mol. The third-order valence-electron chi connectivity index (χ3n) is 8.35. The van der Waals surface area contributed by atoms with Gasteiger partial charge in [0.25, 0.3) is 11.8 Å². The zero-order valence-electron chi connectivity index (χ0n) is 21.1. The number of carbonyl (C=O) groups is 2. The summed E-state index contributed by atoms with van der Waals surface area (Å²) >= 11 is 5.97. The van der Waals surface area contributed by atoms with Crippen LogP contribution in [0.4, 0.5) is 8.78 Å². The van der Waals surface area contributed by atoms with Crippen LogP contribution in [0.1, 0.15) is 51.7 Å². The van der Waals surface area contributed by atoms with Gasteiger partial charge in [-0.2, -0.15) is 0 Å². The Morgan fingerprint density at radius 3 is 2.64 bits per heavy atom. The van der Waals surface area contributed by atoms with E-state index in [1.807, 2.05) is 35.2 Å². The van der Waals surface area contributed by atoms with E-state index in [2.05, 4.69) is 12.2 Å². The minimum Gasteiger partial charge on any atom is -0.483 e. The summed E-state index contributed by atoms with van der Waals surface area (Å²) in [5.41, 5.74) is -0.146. The maximum atomic E-state index is 14.3. The predicted octanol–water partition coefficient (Wildman–Crippen LogP) is 4.54. The fraction of sp³-hybridized carbons (Fsp3) is 0.345. The Morgan fingerprint density at radius 2 is 1.90 bits per heavy atom. The van der Waals surface area contributed by atoms with Crippen LogP contribution in [0.3, 0.4) is 0 Å². The van der Waals surface area contributed by atoms with Crippen LogP contribution in [0.2, 0.25) is 5.02 Å². The lowest BCUT2D eigenvalue weighted by Gasteiger charge is -2.40. The Balaban J connectivity index is 1.36. The molecule has 7 nitrogen and oxygen atoms in total. The SMILES string of the molecule is C[C@H]1[C@H]2CC[C@@H]1N1C(=O)c3c(OCc4ccccc4)c(=O)c(C(=O)NCc4c(F)cc(F)cc4Cl)cn3C[C@@H]21. The lowest BCUT2D eigenvalue weighted by molar-refractivity contribution is 0.0476. The summed E-state index contributed by atoms with van der Waals surface area (Å²) in [5.74, 6) is -2.28. The Morgan fingerprint density at radius 1 is 1.13 bits per heavy atom. The van der Waals surface area contributed by atoms with Crippen molar-refractivity contribution in [3.63, 3.8) is 0 Å². The van der Waals surface area contributed by atoms with Crippen LogP contribution in [0.5, 0.6) is 5.75 Å². The molecule has 0 spiro atoms. The lowest BCUT2D eigenvalue weighted by Crippen LogP contribution is -2.52. The molecule has 39 heavy (non-hydrogen) atoms. The first-order valence-corrected chi connectivity index (χ1v) is 13.3. The second-order valence-electron chi connectivity index (χ2n) is 10.5. The van der Waals surface area contributed by atoms with Gasteiger partial charge in [0, 0.05) is 37.0 Å². The van der Waals surface area contributed by atoms with Crippen molar-refractivity contribution in [1.82, 2.24) is 14.8 Å². The zero-order chi connectivity index (χ0) is 27.4. The highest BCUT2D eigenvalue weighted by molar-refractivity contribution is 6.31. The molecule has 202 valence electrons. The van der Waals surface area contributed by atoms with Crippen molar-refractivity contribution in [2.24, 2.45) is 11.8 Å². The van der Waals surface area contributed by atoms with E-state index < -0.39 is 23.0 Å². The minimum absolute atomic E-state index is 0.0220. The van der Waals surface area contributed by atoms with Gasteiger partial charge in [-0.3, -0.25) is 14.4 Å². The zero-order valence-corrected chi connectivity index (χ0v) is 21.9. The first-order valence-electron chi connectivity index (χ1n) is 12.9. The predicted molar refractivity (Wildman–Crippen MR) is 140 cm³/mol. The van der Waals surface area contributed by atoms with Crippen LogP contribution in [0.15, 0.2) is 53.5 Å². The fourth-order valence-electron chi connectivity index (χ4n) is 6.44. The molecule has 10 heteroatoms. The monoisotopic (exact) mass is 553 g/mol. The van der Waals surface area contributed by atoms with Crippen molar-refractivity contribution in [2.45, 2.75) is 51.5 Å². The number of halogens is 3. The molecule has 6 rings (SSSR count). The summed E-state index contributed by atoms with van der Waals surface area (Å²) in [6, 6.07) is 10.9. The Hall–Kier alpha value is -3.72. The van der Waals surface area contributed by atoms with E-state index in [4.69, 9.17) is 16.3 Å². The van der Waals surface area contributed by atoms with Crippen LogP contribution < -0.4 is 15.5 Å². The van der Waals surface area contributed by atoms with Crippen molar-refractivity contribution in [1.29, 1.82) is 0 Å². The molecule has 1 aliphatic carbocycles. The summed E-state index contributed by atoms with van der Waals surface area (Å²) in [5, 5.41) is 2.32. The molecule has 2 aromatic carbocycles. The number of pyridine rings is 1. The van der Waals surface area contributed by atoms with Gasteiger partial charge < -0.3 is 19.5 Å². The maximum Gasteiger partial charge on any atom is 0.275 e. The van der Waals surface area contributed by atoms with Crippen LogP contribution >= 0.6 is 11.6 Å². The van der Waals surface area contributed by atoms with Gasteiger partial charge in [-0.05, 0) is 36.3 Å². The van der Waals surface area contributed by atoms with E-state index in [1.165, 1.54) is 6.20 Å². The molecule has 2 amide bonds. The molecule has 1 saturated heterocycles. The van der Waals surface area contributed by atoms with Crippen LogP contribution in [-0.4, -0.2) is 33.4 Å². The Bertz CT molecular complexity index is 1520. The van der Waals surface area contributed by atoms with Crippen molar-refractivity contribution < 1.29 is 23.1 Å². The highest BCUT2D eigenvalue weighted by atomic mass is 35.5. The van der Waals surface area contributed by atoms with Crippen molar-refractivity contribution in [2.75, 3.05) is 0 Å². The molecule has 1 N–H and O–H groups in total. The Kier molecular flexibility index (Phi) is 6.41. The summed E-state index contributed by atoms with van der Waals surface area (Å²) in [6.07, 6.45) is 3.35. The first-order chi connectivity index (χ1) is 18.7. The number of amides is 2. The van der Waals surface area contributed by atoms with E-state index in [0.717, 1.165) is 24.5 Å². The lowest BCUT2D eigenvalue weighted by atomic mass is 9.92. The van der Waals surface area contributed by atoms with Crippen molar-refractivity contribution in [3.8, 4) is 5.75 Å². The van der Waals surface area contributed by atoms with Crippen LogP contribution in [0.25, 0.3) is 0 Å². The van der Waals surface area contributed by atoms with E-state index in [0.29, 0.717) is 24.4 Å². The van der Waals surface area contributed by atoms with Gasteiger partial charge in [0.05, 0.1) is 11.1 Å². The van der Waals surface area contributed by atoms with Gasteiger partial charge in [0.2, 0.25) is 5.43 Å². The highest BCUT2D eigenvalue weighted by Crippen LogP contribution is 2.49. The number of aromatic nitrogens is 1. The summed E-state index contributed by atoms with van der Waals surface area (Å²) in [4.78, 5) is 42.6. The number of fused-ring (bicyclic) bond motifs is 6. The highest BCUT2D eigenvalue weighted by Gasteiger charge is 2.55. The number of hydrogen-bond donors (Lipinski definition) is 1. The van der Waals surface area contributed by atoms with Gasteiger partial charge in [-0.1, -0.05) is 48.9 Å². The van der Waals surface area contributed by atoms with E-state index in [9.17, 15) is 23.2 Å². The minimum atomic E-state index is -0.912. The summed E-state index contributed by atoms with van der Waals surface area (Å²) in [6.45, 7) is 2.27. The van der Waals surface area contributed by atoms with E-state index in [1.54, 1.807) is 4.57 Å². The van der Waals surface area contributed by atoms with E-state index in [-0.39, 0.29) is 58.7 Å². The second kappa shape index (κ2) is 9.79. The Labute approximate surface area is 228 Å². The smallest absolute Gasteiger partial charge is 0.275 e. The maximum absolute atomic E-state index is 14.3. The third-order valence-corrected chi connectivity index (χ3v) is 8.69. The molecule has 4 atom stereocenters. The molecule has 2 bridgehead atoms. The largest absolute Gasteiger partial charge is 0.483 e. The number of hydrogen-bond acceptors (Lipinski definition) is 4. The molecular formula is C29H26ClF2N3O4. The van der Waals surface area contributed by atoms with Gasteiger partial charge in [0.15, 0.2) is 11.4 Å². The number of carbonyl (C=O) groups excluding carboxylic acids is 2. The molecule has 3 aliphatic rings. The molecule has 1 saturated carbocycles. The average Bonchev–Trinajstić information content (AvgIpc) is 3.40. The first kappa shape index (κ1) is 25.6. The van der Waals surface area contributed by atoms with Gasteiger partial charge in [-0.15, -0.1) is 0 Å². The second-order valence-corrected chi connectivity index (χ2v) is 10.9. The van der Waals surface area contributed by atoms with Gasteiger partial charge in [-0.25, -0.2) is 8.78 Å². The summed E-state index contributed by atoms with van der Waals surface area (Å²) in [7, 11) is 0. The van der Waals surface area contributed by atoms with Gasteiger partial charge >= 0.3 is 0 Å². The number of benzene rings is 2. The molecule has 3 aromatic rings. The van der Waals surface area contributed by atoms with Crippen molar-refractivity contribution >= 4 is 23.4 Å². The summed E-state index contributed by atoms with van der Waals surface area (Å²) < 4.78 is 35.3. The number of nitrogens with zero attached hydrogens (tertiary/aromatic N) is 2. The number of nitrogens with one attached hydrogen (secondary N) is 1. The number of rotatable bonds is 6. The molecule has 3 heterocycles.